The van der Waals surface area contributed by atoms with E-state index in [1.165, 1.54) is 26.0 Å². The van der Waals surface area contributed by atoms with Crippen LogP contribution in [-0.4, -0.2) is 62.5 Å². The molecule has 292 valence electrons. The first kappa shape index (κ1) is 42.9. The quantitative estimate of drug-likeness (QED) is 0.161. The highest BCUT2D eigenvalue weighted by atomic mass is 32.3. The summed E-state index contributed by atoms with van der Waals surface area (Å²) in [4.78, 5) is -1.53. The van der Waals surface area contributed by atoms with Crippen LogP contribution in [0.25, 0.3) is 0 Å². The van der Waals surface area contributed by atoms with Gasteiger partial charge in [-0.1, -0.05) is 36.4 Å². The van der Waals surface area contributed by atoms with E-state index in [1.54, 1.807) is 0 Å². The lowest BCUT2D eigenvalue weighted by atomic mass is 9.91. The molecule has 52 heavy (non-hydrogen) atoms. The summed E-state index contributed by atoms with van der Waals surface area (Å²) < 4.78 is 274. The Morgan fingerprint density at radius 2 is 0.808 bits per heavy atom. The Bertz CT molecular complexity index is 1800. The molecule has 0 saturated carbocycles. The molecule has 0 heterocycles. The summed E-state index contributed by atoms with van der Waals surface area (Å²) in [6.45, 7) is 2.60. The van der Waals surface area contributed by atoms with Crippen LogP contribution in [0, 0.1) is 13.8 Å². The van der Waals surface area contributed by atoms with Crippen LogP contribution in [0.4, 0.5) is 74.6 Å². The van der Waals surface area contributed by atoms with Crippen molar-refractivity contribution in [2.45, 2.75) is 75.5 Å². The number of methoxy groups -OCH3 is 1. The molecule has 3 aromatic rings. The summed E-state index contributed by atoms with van der Waals surface area (Å²) >= 11 is 0. The lowest BCUT2D eigenvalue weighted by Crippen LogP contribution is -2.75. The Morgan fingerprint density at radius 1 is 0.481 bits per heavy atom. The molecule has 0 aromatic heterocycles. The number of rotatable bonds is 13. The minimum atomic E-state index is -8.98. The van der Waals surface area contributed by atoms with Crippen LogP contribution in [0.1, 0.15) is 11.1 Å². The minimum absolute atomic E-state index is 0.0734. The van der Waals surface area contributed by atoms with E-state index in [2.05, 4.69) is 3.63 Å². The van der Waals surface area contributed by atoms with Crippen LogP contribution < -0.4 is 4.74 Å². The van der Waals surface area contributed by atoms with Crippen LogP contribution in [-0.2, 0) is 13.7 Å². The Labute approximate surface area is 284 Å². The maximum atomic E-state index is 15.4. The Morgan fingerprint density at radius 3 is 1.13 bits per heavy atom. The Hall–Kier alpha value is -3.47. The first-order valence-electron chi connectivity index (χ1n) is 13.5. The Kier molecular flexibility index (Phi) is 10.8. The third kappa shape index (κ3) is 6.02. The predicted octanol–water partition coefficient (Wildman–Crippen LogP) is 10.8. The number of hydrogen-bond acceptors (Lipinski definition) is 4. The smallest absolute Gasteiger partial charge is 0.460 e. The van der Waals surface area contributed by atoms with E-state index in [1.807, 2.05) is 0 Å². The zero-order chi connectivity index (χ0) is 40.4. The fourth-order valence-electron chi connectivity index (χ4n) is 4.63. The van der Waals surface area contributed by atoms with Gasteiger partial charge in [0.25, 0.3) is 0 Å². The van der Waals surface area contributed by atoms with Crippen LogP contribution in [0.15, 0.2) is 87.5 Å². The summed E-state index contributed by atoms with van der Waals surface area (Å²) in [6, 6.07) is 12.8. The second-order valence-corrected chi connectivity index (χ2v) is 15.2. The third-order valence-corrected chi connectivity index (χ3v) is 12.5. The van der Waals surface area contributed by atoms with Crippen molar-refractivity contribution in [3.05, 3.63) is 83.9 Å². The van der Waals surface area contributed by atoms with Gasteiger partial charge in [0.2, 0.25) is 0 Å². The molecule has 4 nitrogen and oxygen atoms in total. The molecule has 0 atom stereocenters. The molecule has 3 aromatic carbocycles. The van der Waals surface area contributed by atoms with E-state index < -0.39 is 82.1 Å². The molecule has 0 aliphatic rings. The van der Waals surface area contributed by atoms with Gasteiger partial charge in [0.15, 0.2) is 0 Å². The van der Waals surface area contributed by atoms with Crippen molar-refractivity contribution in [1.29, 1.82) is 0 Å². The van der Waals surface area contributed by atoms with Crippen LogP contribution in [0.5, 0.6) is 5.75 Å². The number of alkyl halides is 17. The molecule has 0 amide bonds. The van der Waals surface area contributed by atoms with Crippen molar-refractivity contribution in [2.75, 3.05) is 7.11 Å². The highest BCUT2D eigenvalue weighted by Crippen LogP contribution is 2.72. The predicted molar refractivity (Wildman–Crippen MR) is 148 cm³/mol. The number of aryl methyl sites for hydroxylation is 2. The highest BCUT2D eigenvalue weighted by Gasteiger charge is 2.96. The summed E-state index contributed by atoms with van der Waals surface area (Å²) in [5, 5.41) is -7.89. The average molecular weight is 821 g/mol. The number of ether oxygens (including phenoxy) is 1. The number of hydrogen-bond donors (Lipinski definition) is 0. The van der Waals surface area contributed by atoms with Gasteiger partial charge in [-0.15, -0.1) is 0 Å². The van der Waals surface area contributed by atoms with E-state index in [0.717, 1.165) is 67.8 Å². The fourth-order valence-corrected chi connectivity index (χ4v) is 10.0. The van der Waals surface area contributed by atoms with Crippen molar-refractivity contribution >= 4 is 20.4 Å². The van der Waals surface area contributed by atoms with Crippen molar-refractivity contribution < 1.29 is 91.4 Å². The molecule has 3 rings (SSSR count). The van der Waals surface area contributed by atoms with Crippen molar-refractivity contribution in [3.63, 3.8) is 0 Å². The molecule has 0 unspecified atom stereocenters. The Balaban J connectivity index is 2.37. The van der Waals surface area contributed by atoms with Gasteiger partial charge < -0.3 is 4.74 Å². The van der Waals surface area contributed by atoms with E-state index in [4.69, 9.17) is 4.74 Å². The van der Waals surface area contributed by atoms with Crippen LogP contribution in [0.3, 0.4) is 0 Å². The molecular formula is C29H21F17O4S2. The van der Waals surface area contributed by atoms with E-state index in [0.29, 0.717) is 0 Å². The first-order valence-corrected chi connectivity index (χ1v) is 16.5. The van der Waals surface area contributed by atoms with Gasteiger partial charge >= 0.3 is 57.1 Å². The lowest BCUT2D eigenvalue weighted by molar-refractivity contribution is -0.458. The van der Waals surface area contributed by atoms with Crippen LogP contribution >= 0.6 is 10.3 Å². The molecule has 0 fully saturated rings. The second kappa shape index (κ2) is 13.1. The molecule has 0 radical (unpaired) electrons. The molecular weight excluding hydrogens is 799 g/mol. The van der Waals surface area contributed by atoms with Gasteiger partial charge in [0.1, 0.15) is 5.75 Å². The van der Waals surface area contributed by atoms with E-state index in [9.17, 15) is 74.3 Å². The minimum Gasteiger partial charge on any atom is -0.496 e. The zero-order valence-corrected chi connectivity index (χ0v) is 27.4. The summed E-state index contributed by atoms with van der Waals surface area (Å²) in [6.07, 6.45) is -7.94. The molecule has 0 bridgehead atoms. The van der Waals surface area contributed by atoms with Gasteiger partial charge in [0.05, 0.1) is 7.11 Å². The topological polar surface area (TPSA) is 52.6 Å². The molecule has 0 saturated heterocycles. The first-order chi connectivity index (χ1) is 23.3. The standard InChI is InChI=1S/C29H21F17O4S2/c1-16-14-20(15-17(2)21(16)49-3)51(18-10-6-4-7-11-18,19-12-8-5-9-13-19)50-52(47,48)29(45,46)27(40,41)25(36,37)23(32,33)22(30,31)24(34,35)26(38,39)28(42,43)44/h4-15H,1-3H3. The highest BCUT2D eigenvalue weighted by molar-refractivity contribution is 8.33. The number of benzene rings is 3. The van der Waals surface area contributed by atoms with Crippen molar-refractivity contribution in [1.82, 2.24) is 0 Å². The summed E-state index contributed by atoms with van der Waals surface area (Å²) in [7, 11) is -11.4. The second-order valence-electron chi connectivity index (χ2n) is 10.8. The van der Waals surface area contributed by atoms with Gasteiger partial charge in [-0.05, 0) is 71.7 Å². The summed E-state index contributed by atoms with van der Waals surface area (Å²) in [5.41, 5.74) is 0.147. The van der Waals surface area contributed by atoms with Gasteiger partial charge in [0, 0.05) is 14.7 Å². The van der Waals surface area contributed by atoms with Crippen molar-refractivity contribution in [2.24, 2.45) is 0 Å². The largest absolute Gasteiger partial charge is 0.496 e. The zero-order valence-electron chi connectivity index (χ0n) is 25.8. The molecule has 0 aliphatic heterocycles. The maximum Gasteiger partial charge on any atom is 0.460 e. The van der Waals surface area contributed by atoms with Crippen molar-refractivity contribution in [3.8, 4) is 5.75 Å². The molecule has 0 N–H and O–H groups in total. The van der Waals surface area contributed by atoms with Gasteiger partial charge in [-0.2, -0.15) is 83.1 Å². The number of halogens is 17. The SMILES string of the molecule is COc1c(C)cc(S(OS(=O)(=O)C(F)(F)C(F)(F)C(F)(F)C(F)(F)C(F)(F)C(F)(F)C(F)(F)C(F)(F)F)(c2ccccc2)c2ccccc2)cc1C. The van der Waals surface area contributed by atoms with E-state index >= 15 is 8.78 Å². The third-order valence-electron chi connectivity index (χ3n) is 7.32. The lowest BCUT2D eigenvalue weighted by Gasteiger charge is -2.44. The van der Waals surface area contributed by atoms with Crippen LogP contribution in [0.2, 0.25) is 0 Å². The molecule has 0 spiro atoms. The summed E-state index contributed by atoms with van der Waals surface area (Å²) in [5.74, 6) is -52.4. The molecule has 23 heteroatoms. The maximum absolute atomic E-state index is 15.4. The molecule has 0 aliphatic carbocycles. The van der Waals surface area contributed by atoms with E-state index in [-0.39, 0.29) is 16.9 Å². The fraction of sp³-hybridized carbons (Fsp3) is 0.379. The average Bonchev–Trinajstić information content (AvgIpc) is 3.03. The van der Waals surface area contributed by atoms with Gasteiger partial charge in [-0.3, -0.25) is 0 Å². The normalized spacial score (nSPS) is 15.1. The van der Waals surface area contributed by atoms with Gasteiger partial charge in [-0.25, -0.2) is 3.63 Å². The monoisotopic (exact) mass is 820 g/mol.